The van der Waals surface area contributed by atoms with Crippen LogP contribution in [0.4, 0.5) is 0 Å². The molecule has 1 aromatic heterocycles. The van der Waals surface area contributed by atoms with E-state index in [9.17, 15) is 5.11 Å². The second kappa shape index (κ2) is 5.65. The van der Waals surface area contributed by atoms with E-state index in [1.165, 1.54) is 0 Å². The van der Waals surface area contributed by atoms with Gasteiger partial charge in [0.2, 0.25) is 0 Å². The van der Waals surface area contributed by atoms with Crippen LogP contribution in [0.2, 0.25) is 0 Å². The number of aromatic nitrogens is 2. The number of aliphatic hydroxyl groups excluding tert-OH is 1. The number of nitrogens with zero attached hydrogens (tertiary/aromatic N) is 2. The second-order valence-electron chi connectivity index (χ2n) is 4.67. The van der Waals surface area contributed by atoms with Crippen LogP contribution in [0.25, 0.3) is 0 Å². The zero-order chi connectivity index (χ0) is 12.3. The molecule has 2 rings (SSSR count). The van der Waals surface area contributed by atoms with Crippen LogP contribution in [-0.4, -0.2) is 33.5 Å². The van der Waals surface area contributed by atoms with Crippen LogP contribution in [-0.2, 0) is 17.7 Å². The van der Waals surface area contributed by atoms with E-state index in [4.69, 9.17) is 4.74 Å². The highest BCUT2D eigenvalue weighted by Gasteiger charge is 2.33. The predicted molar refractivity (Wildman–Crippen MR) is 65.7 cm³/mol. The minimum Gasteiger partial charge on any atom is -0.392 e. The Hall–Kier alpha value is -0.870. The summed E-state index contributed by atoms with van der Waals surface area (Å²) >= 11 is 0. The zero-order valence-electron chi connectivity index (χ0n) is 10.7. The molecule has 3 unspecified atom stereocenters. The van der Waals surface area contributed by atoms with Gasteiger partial charge in [-0.3, -0.25) is 0 Å². The van der Waals surface area contributed by atoms with Gasteiger partial charge in [-0.1, -0.05) is 6.92 Å². The molecule has 0 amide bonds. The van der Waals surface area contributed by atoms with Crippen LogP contribution in [0.1, 0.15) is 32.5 Å². The molecule has 1 aliphatic heterocycles. The molecule has 4 heteroatoms. The van der Waals surface area contributed by atoms with Crippen molar-refractivity contribution in [2.45, 2.75) is 51.9 Å². The van der Waals surface area contributed by atoms with Crippen molar-refractivity contribution in [3.05, 3.63) is 18.2 Å². The Kier molecular flexibility index (Phi) is 4.18. The molecule has 1 N–H and O–H groups in total. The molecule has 0 spiro atoms. The SMILES string of the molecule is CCC1OCCC1C(O)Cc1nccn1CC. The lowest BCUT2D eigenvalue weighted by atomic mass is 9.91. The van der Waals surface area contributed by atoms with Crippen molar-refractivity contribution in [2.24, 2.45) is 5.92 Å². The Morgan fingerprint density at radius 2 is 2.41 bits per heavy atom. The van der Waals surface area contributed by atoms with Gasteiger partial charge in [-0.2, -0.15) is 0 Å². The number of aryl methyl sites for hydroxylation is 1. The van der Waals surface area contributed by atoms with E-state index in [0.717, 1.165) is 31.8 Å². The van der Waals surface area contributed by atoms with Crippen LogP contribution < -0.4 is 0 Å². The monoisotopic (exact) mass is 238 g/mol. The van der Waals surface area contributed by atoms with E-state index in [0.29, 0.717) is 6.42 Å². The first-order chi connectivity index (χ1) is 8.26. The molecule has 3 atom stereocenters. The Morgan fingerprint density at radius 1 is 1.59 bits per heavy atom. The van der Waals surface area contributed by atoms with Gasteiger partial charge in [-0.25, -0.2) is 4.98 Å². The molecule has 0 bridgehead atoms. The molecule has 17 heavy (non-hydrogen) atoms. The fraction of sp³-hybridized carbons (Fsp3) is 0.769. The number of hydrogen-bond donors (Lipinski definition) is 1. The number of hydrogen-bond acceptors (Lipinski definition) is 3. The normalized spacial score (nSPS) is 26.3. The summed E-state index contributed by atoms with van der Waals surface area (Å²) in [6, 6.07) is 0. The largest absolute Gasteiger partial charge is 0.392 e. The highest BCUT2D eigenvalue weighted by atomic mass is 16.5. The Labute approximate surface area is 103 Å². The number of rotatable bonds is 5. The minimum absolute atomic E-state index is 0.218. The van der Waals surface area contributed by atoms with Crippen molar-refractivity contribution < 1.29 is 9.84 Å². The van der Waals surface area contributed by atoms with Crippen LogP contribution in [0.3, 0.4) is 0 Å². The molecule has 1 aliphatic rings. The number of imidazole rings is 1. The summed E-state index contributed by atoms with van der Waals surface area (Å²) in [5.74, 6) is 1.24. The van der Waals surface area contributed by atoms with Crippen molar-refractivity contribution in [1.29, 1.82) is 0 Å². The van der Waals surface area contributed by atoms with Gasteiger partial charge in [-0.05, 0) is 19.8 Å². The van der Waals surface area contributed by atoms with Gasteiger partial charge in [-0.15, -0.1) is 0 Å². The van der Waals surface area contributed by atoms with Crippen molar-refractivity contribution in [2.75, 3.05) is 6.61 Å². The summed E-state index contributed by atoms with van der Waals surface area (Å²) in [5.41, 5.74) is 0. The third kappa shape index (κ3) is 2.69. The average Bonchev–Trinajstić information content (AvgIpc) is 2.96. The topological polar surface area (TPSA) is 47.3 Å². The summed E-state index contributed by atoms with van der Waals surface area (Å²) in [7, 11) is 0. The van der Waals surface area contributed by atoms with Crippen molar-refractivity contribution >= 4 is 0 Å². The Balaban J connectivity index is 1.99. The van der Waals surface area contributed by atoms with Gasteiger partial charge in [0.25, 0.3) is 0 Å². The lowest BCUT2D eigenvalue weighted by Crippen LogP contribution is -2.30. The average molecular weight is 238 g/mol. The van der Waals surface area contributed by atoms with E-state index in [-0.39, 0.29) is 18.1 Å². The molecule has 4 nitrogen and oxygen atoms in total. The van der Waals surface area contributed by atoms with Gasteiger partial charge in [0.05, 0.1) is 12.2 Å². The predicted octanol–water partition coefficient (Wildman–Crippen LogP) is 1.62. The third-order valence-electron chi connectivity index (χ3n) is 3.69. The molecule has 96 valence electrons. The van der Waals surface area contributed by atoms with Crippen molar-refractivity contribution in [3.8, 4) is 0 Å². The van der Waals surface area contributed by atoms with Gasteiger partial charge in [0, 0.05) is 37.9 Å². The maximum atomic E-state index is 10.3. The first kappa shape index (κ1) is 12.6. The van der Waals surface area contributed by atoms with Gasteiger partial charge >= 0.3 is 0 Å². The molecule has 1 aromatic rings. The molecule has 0 radical (unpaired) electrons. The third-order valence-corrected chi connectivity index (χ3v) is 3.69. The minimum atomic E-state index is -0.338. The van der Waals surface area contributed by atoms with Gasteiger partial charge in [0.1, 0.15) is 5.82 Å². The molecular formula is C13H22N2O2. The fourth-order valence-electron chi connectivity index (χ4n) is 2.68. The highest BCUT2D eigenvalue weighted by Crippen LogP contribution is 2.27. The van der Waals surface area contributed by atoms with Crippen molar-refractivity contribution in [1.82, 2.24) is 9.55 Å². The lowest BCUT2D eigenvalue weighted by Gasteiger charge is -2.22. The van der Waals surface area contributed by atoms with Crippen LogP contribution in [0, 0.1) is 5.92 Å². The summed E-state index contributed by atoms with van der Waals surface area (Å²) in [6.07, 6.45) is 6.21. The molecular weight excluding hydrogens is 216 g/mol. The smallest absolute Gasteiger partial charge is 0.111 e. The standard InChI is InChI=1S/C13H22N2O2/c1-3-12-10(5-8-17-12)11(16)9-13-14-6-7-15(13)4-2/h6-7,10-12,16H,3-5,8-9H2,1-2H3. The van der Waals surface area contributed by atoms with Crippen LogP contribution in [0.5, 0.6) is 0 Å². The summed E-state index contributed by atoms with van der Waals surface area (Å²) in [5, 5.41) is 10.3. The molecule has 0 aromatic carbocycles. The highest BCUT2D eigenvalue weighted by molar-refractivity contribution is 4.96. The number of ether oxygens (including phenoxy) is 1. The van der Waals surface area contributed by atoms with E-state index in [2.05, 4.69) is 23.4 Å². The number of aliphatic hydroxyl groups is 1. The van der Waals surface area contributed by atoms with E-state index < -0.39 is 0 Å². The fourth-order valence-corrected chi connectivity index (χ4v) is 2.68. The first-order valence-corrected chi connectivity index (χ1v) is 6.55. The molecule has 1 saturated heterocycles. The summed E-state index contributed by atoms with van der Waals surface area (Å²) in [4.78, 5) is 4.31. The quantitative estimate of drug-likeness (QED) is 0.848. The zero-order valence-corrected chi connectivity index (χ0v) is 10.7. The van der Waals surface area contributed by atoms with Gasteiger partial charge < -0.3 is 14.4 Å². The van der Waals surface area contributed by atoms with Crippen LogP contribution in [0.15, 0.2) is 12.4 Å². The van der Waals surface area contributed by atoms with E-state index >= 15 is 0 Å². The Morgan fingerprint density at radius 3 is 3.12 bits per heavy atom. The molecule has 0 aliphatic carbocycles. The molecule has 0 saturated carbocycles. The maximum absolute atomic E-state index is 10.3. The lowest BCUT2D eigenvalue weighted by molar-refractivity contribution is 0.0306. The molecule has 1 fully saturated rings. The molecule has 2 heterocycles. The summed E-state index contributed by atoms with van der Waals surface area (Å²) in [6.45, 7) is 5.89. The second-order valence-corrected chi connectivity index (χ2v) is 4.67. The van der Waals surface area contributed by atoms with E-state index in [1.54, 1.807) is 6.20 Å². The van der Waals surface area contributed by atoms with E-state index in [1.807, 2.05) is 6.20 Å². The van der Waals surface area contributed by atoms with Crippen molar-refractivity contribution in [3.63, 3.8) is 0 Å². The summed E-state index contributed by atoms with van der Waals surface area (Å²) < 4.78 is 7.71. The Bertz CT molecular complexity index is 351. The van der Waals surface area contributed by atoms with Gasteiger partial charge in [0.15, 0.2) is 0 Å². The van der Waals surface area contributed by atoms with Crippen LogP contribution >= 0.6 is 0 Å². The maximum Gasteiger partial charge on any atom is 0.111 e. The first-order valence-electron chi connectivity index (χ1n) is 6.55.